The number of nitrogens with one attached hydrogen (secondary N) is 1. The number of hydrogen-bond acceptors (Lipinski definition) is 4. The van der Waals surface area contributed by atoms with Crippen molar-refractivity contribution in [3.63, 3.8) is 0 Å². The van der Waals surface area contributed by atoms with Crippen molar-refractivity contribution in [1.82, 2.24) is 10.2 Å². The molecule has 1 heterocycles. The van der Waals surface area contributed by atoms with Crippen LogP contribution in [0.25, 0.3) is 0 Å². The van der Waals surface area contributed by atoms with Gasteiger partial charge in [-0.15, -0.1) is 0 Å². The Hall–Kier alpha value is -1.01. The minimum Gasteiger partial charge on any atom is -0.768 e. The summed E-state index contributed by atoms with van der Waals surface area (Å²) in [7, 11) is 0. The van der Waals surface area contributed by atoms with Crippen LogP contribution in [-0.4, -0.2) is 19.0 Å². The Balaban J connectivity index is 3.29. The predicted octanol–water partition coefficient (Wildman–Crippen LogP) is -0.992. The fraction of sp³-hybridized carbons (Fsp3) is 0. The first-order chi connectivity index (χ1) is 4.72. The number of aromatic amines is 1. The SMILES string of the molecule is O=c1[nH]nccc1S(=O)[O-]. The van der Waals surface area contributed by atoms with E-state index in [1.807, 2.05) is 5.10 Å². The van der Waals surface area contributed by atoms with E-state index >= 15 is 0 Å². The molecule has 54 valence electrons. The Morgan fingerprint density at radius 2 is 2.40 bits per heavy atom. The molecule has 1 N–H and O–H groups in total. The van der Waals surface area contributed by atoms with Gasteiger partial charge in [0.2, 0.25) is 0 Å². The van der Waals surface area contributed by atoms with E-state index in [-0.39, 0.29) is 4.90 Å². The van der Waals surface area contributed by atoms with E-state index in [0.29, 0.717) is 0 Å². The zero-order valence-corrected chi connectivity index (χ0v) is 5.55. The first-order valence-electron chi connectivity index (χ1n) is 2.35. The molecule has 0 aliphatic rings. The molecular formula is C4H3N2O3S-. The van der Waals surface area contributed by atoms with Crippen LogP contribution in [0.4, 0.5) is 0 Å². The molecule has 0 amide bonds. The molecule has 6 heteroatoms. The lowest BCUT2D eigenvalue weighted by atomic mass is 10.6. The van der Waals surface area contributed by atoms with Gasteiger partial charge in [0.1, 0.15) is 0 Å². The zero-order valence-electron chi connectivity index (χ0n) is 4.73. The number of aromatic nitrogens is 2. The van der Waals surface area contributed by atoms with Gasteiger partial charge in [-0.05, 0) is 17.1 Å². The summed E-state index contributed by atoms with van der Waals surface area (Å²) < 4.78 is 20.3. The smallest absolute Gasteiger partial charge is 0.279 e. The molecule has 0 aliphatic carbocycles. The highest BCUT2D eigenvalue weighted by atomic mass is 32.2. The quantitative estimate of drug-likeness (QED) is 0.533. The van der Waals surface area contributed by atoms with E-state index in [1.165, 1.54) is 6.20 Å². The van der Waals surface area contributed by atoms with Crippen molar-refractivity contribution in [2.45, 2.75) is 4.90 Å². The third kappa shape index (κ3) is 1.28. The molecule has 1 unspecified atom stereocenters. The van der Waals surface area contributed by atoms with Crippen LogP contribution in [0.15, 0.2) is 22.0 Å². The van der Waals surface area contributed by atoms with Gasteiger partial charge in [0.15, 0.2) is 0 Å². The number of rotatable bonds is 1. The molecule has 0 saturated heterocycles. The second-order valence-corrected chi connectivity index (χ2v) is 2.39. The van der Waals surface area contributed by atoms with Crippen molar-refractivity contribution in [3.05, 3.63) is 22.6 Å². The summed E-state index contributed by atoms with van der Waals surface area (Å²) in [5, 5.41) is 5.30. The fourth-order valence-corrected chi connectivity index (χ4v) is 0.832. The lowest BCUT2D eigenvalue weighted by molar-refractivity contribution is 0.535. The summed E-state index contributed by atoms with van der Waals surface area (Å²) in [5.41, 5.74) is -0.698. The van der Waals surface area contributed by atoms with Gasteiger partial charge in [0.05, 0.1) is 4.90 Å². The maximum Gasteiger partial charge on any atom is 0.279 e. The predicted molar refractivity (Wildman–Crippen MR) is 32.0 cm³/mol. The lowest BCUT2D eigenvalue weighted by Gasteiger charge is -2.00. The van der Waals surface area contributed by atoms with E-state index in [0.717, 1.165) is 6.07 Å². The average molecular weight is 159 g/mol. The van der Waals surface area contributed by atoms with Gasteiger partial charge < -0.3 is 4.55 Å². The topological polar surface area (TPSA) is 85.9 Å². The summed E-state index contributed by atoms with van der Waals surface area (Å²) in [6.45, 7) is 0. The largest absolute Gasteiger partial charge is 0.768 e. The molecule has 1 atom stereocenters. The van der Waals surface area contributed by atoms with Crippen LogP contribution >= 0.6 is 0 Å². The number of H-pyrrole nitrogens is 1. The normalized spacial score (nSPS) is 12.9. The van der Waals surface area contributed by atoms with Crippen molar-refractivity contribution in [2.24, 2.45) is 0 Å². The second-order valence-electron chi connectivity index (χ2n) is 1.48. The molecule has 0 aromatic carbocycles. The van der Waals surface area contributed by atoms with Crippen molar-refractivity contribution >= 4 is 11.1 Å². The van der Waals surface area contributed by atoms with E-state index in [2.05, 4.69) is 5.10 Å². The maximum atomic E-state index is 10.5. The number of hydrogen-bond donors (Lipinski definition) is 1. The minimum absolute atomic E-state index is 0.296. The molecule has 0 radical (unpaired) electrons. The van der Waals surface area contributed by atoms with Crippen LogP contribution in [0.3, 0.4) is 0 Å². The van der Waals surface area contributed by atoms with Gasteiger partial charge in [-0.25, -0.2) is 5.10 Å². The Morgan fingerprint density at radius 3 is 2.80 bits per heavy atom. The van der Waals surface area contributed by atoms with E-state index in [1.54, 1.807) is 0 Å². The monoisotopic (exact) mass is 159 g/mol. The second kappa shape index (κ2) is 2.72. The minimum atomic E-state index is -2.47. The fourth-order valence-electron chi connectivity index (χ4n) is 0.463. The van der Waals surface area contributed by atoms with E-state index < -0.39 is 16.6 Å². The van der Waals surface area contributed by atoms with Gasteiger partial charge in [-0.2, -0.15) is 5.10 Å². The highest BCUT2D eigenvalue weighted by Gasteiger charge is 1.95. The summed E-state index contributed by atoms with van der Waals surface area (Å²) >= 11 is -2.47. The van der Waals surface area contributed by atoms with E-state index in [4.69, 9.17) is 0 Å². The van der Waals surface area contributed by atoms with Gasteiger partial charge >= 0.3 is 0 Å². The molecule has 0 bridgehead atoms. The molecule has 1 rings (SSSR count). The van der Waals surface area contributed by atoms with Crippen molar-refractivity contribution in [3.8, 4) is 0 Å². The zero-order chi connectivity index (χ0) is 7.56. The maximum absolute atomic E-state index is 10.5. The van der Waals surface area contributed by atoms with Crippen molar-refractivity contribution < 1.29 is 8.76 Å². The summed E-state index contributed by atoms with van der Waals surface area (Å²) in [6.07, 6.45) is 1.20. The third-order valence-corrected chi connectivity index (χ3v) is 1.55. The Kier molecular flexibility index (Phi) is 1.93. The average Bonchev–Trinajstić information content (AvgIpc) is 1.88. The Morgan fingerprint density at radius 1 is 1.70 bits per heavy atom. The highest BCUT2D eigenvalue weighted by molar-refractivity contribution is 7.79. The van der Waals surface area contributed by atoms with Gasteiger partial charge in [0.25, 0.3) is 5.56 Å². The van der Waals surface area contributed by atoms with Gasteiger partial charge in [-0.3, -0.25) is 9.00 Å². The van der Waals surface area contributed by atoms with Crippen LogP contribution in [0.2, 0.25) is 0 Å². The Labute approximate surface area is 58.4 Å². The molecule has 0 fully saturated rings. The van der Waals surface area contributed by atoms with E-state index in [9.17, 15) is 13.6 Å². The third-order valence-electron chi connectivity index (χ3n) is 0.870. The summed E-state index contributed by atoms with van der Waals surface area (Å²) in [5.74, 6) is 0. The Bertz CT molecular complexity index is 307. The van der Waals surface area contributed by atoms with Crippen LogP contribution < -0.4 is 5.56 Å². The van der Waals surface area contributed by atoms with Crippen LogP contribution in [0.5, 0.6) is 0 Å². The lowest BCUT2D eigenvalue weighted by Crippen LogP contribution is -2.13. The first-order valence-corrected chi connectivity index (χ1v) is 3.42. The number of nitrogens with zero attached hydrogens (tertiary/aromatic N) is 1. The van der Waals surface area contributed by atoms with Gasteiger partial charge in [0, 0.05) is 6.20 Å². The first kappa shape index (κ1) is 7.10. The highest BCUT2D eigenvalue weighted by Crippen LogP contribution is 1.90. The molecular weight excluding hydrogens is 156 g/mol. The molecule has 10 heavy (non-hydrogen) atoms. The van der Waals surface area contributed by atoms with Crippen LogP contribution in [-0.2, 0) is 11.1 Å². The van der Waals surface area contributed by atoms with Crippen LogP contribution in [0, 0.1) is 0 Å². The van der Waals surface area contributed by atoms with Crippen molar-refractivity contribution in [1.29, 1.82) is 0 Å². The summed E-state index contributed by atoms with van der Waals surface area (Å²) in [4.78, 5) is 10.3. The molecule has 0 saturated carbocycles. The molecule has 0 aliphatic heterocycles. The molecule has 1 aromatic rings. The summed E-state index contributed by atoms with van der Waals surface area (Å²) in [6, 6.07) is 1.13. The van der Waals surface area contributed by atoms with Crippen molar-refractivity contribution in [2.75, 3.05) is 0 Å². The van der Waals surface area contributed by atoms with Crippen LogP contribution in [0.1, 0.15) is 0 Å². The van der Waals surface area contributed by atoms with Gasteiger partial charge in [-0.1, -0.05) is 0 Å². The molecule has 0 spiro atoms. The molecule has 5 nitrogen and oxygen atoms in total. The standard InChI is InChI=1S/C4H4N2O3S/c7-4-3(10(8)9)1-2-5-6-4/h1-2H,(H,6,7)(H,8,9)/p-1. The molecule has 1 aromatic heterocycles.